The number of nitrogens with one attached hydrogen (secondary N) is 3. The van der Waals surface area contributed by atoms with Crippen LogP contribution in [0.15, 0.2) is 24.4 Å². The topological polar surface area (TPSA) is 101 Å². The molecule has 3 heterocycles. The average Bonchev–Trinajstić information content (AvgIpc) is 3.28. The highest BCUT2D eigenvalue weighted by molar-refractivity contribution is 5.89. The number of para-hydroxylation sites is 1. The summed E-state index contributed by atoms with van der Waals surface area (Å²) >= 11 is 0. The van der Waals surface area contributed by atoms with Gasteiger partial charge in [-0.2, -0.15) is 0 Å². The molecule has 29 heavy (non-hydrogen) atoms. The van der Waals surface area contributed by atoms with Crippen LogP contribution in [0.1, 0.15) is 18.1 Å². The van der Waals surface area contributed by atoms with Gasteiger partial charge in [0.25, 0.3) is 0 Å². The molecule has 9 heteroatoms. The van der Waals surface area contributed by atoms with E-state index >= 15 is 0 Å². The van der Waals surface area contributed by atoms with E-state index in [4.69, 9.17) is 0 Å². The van der Waals surface area contributed by atoms with Crippen LogP contribution in [0.2, 0.25) is 0 Å². The number of benzene rings is 1. The zero-order valence-corrected chi connectivity index (χ0v) is 17.0. The molecule has 3 N–H and O–H groups in total. The molecule has 0 spiro atoms. The predicted molar refractivity (Wildman–Crippen MR) is 108 cm³/mol. The number of likely N-dealkylation sites (N-methyl/N-ethyl adjacent to an activating group) is 2. The monoisotopic (exact) mass is 398 g/mol. The summed E-state index contributed by atoms with van der Waals surface area (Å²) in [6, 6.07) is 5.52. The minimum Gasteiger partial charge on any atom is -0.361 e. The van der Waals surface area contributed by atoms with Gasteiger partial charge in [0.05, 0.1) is 0 Å². The van der Waals surface area contributed by atoms with Crippen molar-refractivity contribution in [3.63, 3.8) is 0 Å². The molecule has 0 unspecified atom stereocenters. The fourth-order valence-electron chi connectivity index (χ4n) is 4.33. The van der Waals surface area contributed by atoms with Crippen LogP contribution >= 0.6 is 0 Å². The molecule has 0 aliphatic carbocycles. The first-order valence-electron chi connectivity index (χ1n) is 9.69. The van der Waals surface area contributed by atoms with Crippen LogP contribution in [-0.2, 0) is 11.2 Å². The molecule has 2 saturated heterocycles. The Morgan fingerprint density at radius 3 is 2.76 bits per heavy atom. The van der Waals surface area contributed by atoms with Crippen molar-refractivity contribution >= 4 is 28.9 Å². The maximum atomic E-state index is 12.6. The number of aryl methyl sites for hydroxylation is 1. The molecule has 2 aromatic rings. The smallest absolute Gasteiger partial charge is 0.323 e. The summed E-state index contributed by atoms with van der Waals surface area (Å²) in [5.74, 6) is -0.250. The predicted octanol–water partition coefficient (Wildman–Crippen LogP) is 1.20. The lowest BCUT2D eigenvalue weighted by molar-refractivity contribution is -0.122. The van der Waals surface area contributed by atoms with Gasteiger partial charge in [-0.15, -0.1) is 0 Å². The Labute approximate surface area is 169 Å². The molecule has 0 bridgehead atoms. The molecule has 154 valence electrons. The van der Waals surface area contributed by atoms with E-state index < -0.39 is 12.3 Å². The Kier molecular flexibility index (Phi) is 4.60. The molecule has 0 saturated carbocycles. The van der Waals surface area contributed by atoms with Crippen LogP contribution in [0, 0.1) is 6.92 Å². The van der Waals surface area contributed by atoms with Crippen molar-refractivity contribution in [1.29, 1.82) is 0 Å². The fourth-order valence-corrected chi connectivity index (χ4v) is 4.33. The lowest BCUT2D eigenvalue weighted by Gasteiger charge is -2.26. The third kappa shape index (κ3) is 3.16. The number of carbonyl (C=O) groups is 3. The van der Waals surface area contributed by atoms with E-state index in [0.717, 1.165) is 16.5 Å². The zero-order valence-electron chi connectivity index (χ0n) is 17.0. The van der Waals surface area contributed by atoms with Gasteiger partial charge >= 0.3 is 12.1 Å². The van der Waals surface area contributed by atoms with Gasteiger partial charge in [0.1, 0.15) is 18.9 Å². The molecule has 5 amide bonds. The van der Waals surface area contributed by atoms with Crippen LogP contribution in [-0.4, -0.2) is 76.7 Å². The Hall–Kier alpha value is -3.23. The summed E-state index contributed by atoms with van der Waals surface area (Å²) in [5, 5.41) is 6.89. The van der Waals surface area contributed by atoms with Crippen LogP contribution in [0.4, 0.5) is 9.59 Å². The number of fused-ring (bicyclic) bond motifs is 2. The largest absolute Gasteiger partial charge is 0.361 e. The van der Waals surface area contributed by atoms with Gasteiger partial charge in [0.15, 0.2) is 0 Å². The van der Waals surface area contributed by atoms with E-state index in [1.807, 2.05) is 19.2 Å². The van der Waals surface area contributed by atoms with E-state index in [1.165, 1.54) is 20.3 Å². The van der Waals surface area contributed by atoms with E-state index in [0.29, 0.717) is 6.42 Å². The number of carbonyl (C=O) groups excluding carboxylic acids is 3. The second kappa shape index (κ2) is 6.98. The molecule has 0 radical (unpaired) electrons. The molecule has 1 aromatic heterocycles. The van der Waals surface area contributed by atoms with E-state index in [2.05, 4.69) is 34.7 Å². The van der Waals surface area contributed by atoms with Gasteiger partial charge in [-0.3, -0.25) is 9.69 Å². The summed E-state index contributed by atoms with van der Waals surface area (Å²) in [4.78, 5) is 44.7. The lowest BCUT2D eigenvalue weighted by atomic mass is 10.0. The Morgan fingerprint density at radius 2 is 2.00 bits per heavy atom. The normalized spacial score (nSPS) is 22.3. The highest BCUT2D eigenvalue weighted by Gasteiger charge is 2.52. The van der Waals surface area contributed by atoms with Gasteiger partial charge in [0, 0.05) is 37.2 Å². The first kappa shape index (κ1) is 19.1. The van der Waals surface area contributed by atoms with E-state index in [1.54, 1.807) is 14.1 Å². The maximum absolute atomic E-state index is 12.6. The number of H-pyrrole nitrogens is 1. The SMILES string of the molecule is Cc1cccc2c(C[C@H](C)NC(=O)CN3C(=O)N[C@H]4[C@@H]3N(C)C(=O)N4C)c[nH]c12. The van der Waals surface area contributed by atoms with Crippen LogP contribution in [0.3, 0.4) is 0 Å². The van der Waals surface area contributed by atoms with E-state index in [9.17, 15) is 14.4 Å². The molecule has 1 aromatic carbocycles. The molecule has 4 rings (SSSR count). The summed E-state index contributed by atoms with van der Waals surface area (Å²) in [5.41, 5.74) is 3.43. The Morgan fingerprint density at radius 1 is 1.24 bits per heavy atom. The summed E-state index contributed by atoms with van der Waals surface area (Å²) in [7, 11) is 3.27. The first-order chi connectivity index (χ1) is 13.8. The molecule has 2 fully saturated rings. The molecule has 9 nitrogen and oxygen atoms in total. The van der Waals surface area contributed by atoms with Gasteiger partial charge in [-0.05, 0) is 31.4 Å². The van der Waals surface area contributed by atoms with E-state index in [-0.39, 0.29) is 30.6 Å². The second-order valence-electron chi connectivity index (χ2n) is 7.92. The van der Waals surface area contributed by atoms with Crippen LogP contribution < -0.4 is 10.6 Å². The Bertz CT molecular complexity index is 986. The number of rotatable bonds is 5. The molecule has 2 aliphatic heterocycles. The standard InChI is InChI=1S/C20H26N6O3/c1-11-6-5-7-14-13(9-21-16(11)14)8-12(2)22-15(27)10-26-18-17(23-19(26)28)24(3)20(29)25(18)4/h5-7,9,12,17-18,21H,8,10H2,1-4H3,(H,22,27)(H,23,28)/t12-,17+,18+/m0/s1. The average molecular weight is 398 g/mol. The highest BCUT2D eigenvalue weighted by atomic mass is 16.2. The minimum absolute atomic E-state index is 0.101. The van der Waals surface area contributed by atoms with Gasteiger partial charge in [-0.25, -0.2) is 9.59 Å². The van der Waals surface area contributed by atoms with Crippen molar-refractivity contribution in [1.82, 2.24) is 30.3 Å². The molecule has 3 atom stereocenters. The van der Waals surface area contributed by atoms with Crippen LogP contribution in [0.5, 0.6) is 0 Å². The fraction of sp³-hybridized carbons (Fsp3) is 0.450. The van der Waals surface area contributed by atoms with Gasteiger partial charge in [0.2, 0.25) is 5.91 Å². The molecule has 2 aliphatic rings. The quantitative estimate of drug-likeness (QED) is 0.705. The molecular formula is C20H26N6O3. The van der Waals surface area contributed by atoms with Gasteiger partial charge < -0.3 is 25.4 Å². The maximum Gasteiger partial charge on any atom is 0.323 e. The zero-order chi connectivity index (χ0) is 20.9. The summed E-state index contributed by atoms with van der Waals surface area (Å²) in [6.45, 7) is 3.90. The number of nitrogens with zero attached hydrogens (tertiary/aromatic N) is 3. The van der Waals surface area contributed by atoms with Gasteiger partial charge in [-0.1, -0.05) is 18.2 Å². The third-order valence-electron chi connectivity index (χ3n) is 5.81. The summed E-state index contributed by atoms with van der Waals surface area (Å²) in [6.07, 6.45) is 1.72. The van der Waals surface area contributed by atoms with Crippen molar-refractivity contribution in [2.75, 3.05) is 20.6 Å². The Balaban J connectivity index is 1.40. The number of urea groups is 2. The van der Waals surface area contributed by atoms with Crippen molar-refractivity contribution < 1.29 is 14.4 Å². The van der Waals surface area contributed by atoms with Crippen molar-refractivity contribution in [2.24, 2.45) is 0 Å². The highest BCUT2D eigenvalue weighted by Crippen LogP contribution is 2.26. The number of hydrogen-bond acceptors (Lipinski definition) is 3. The second-order valence-corrected chi connectivity index (χ2v) is 7.92. The van der Waals surface area contributed by atoms with Crippen molar-refractivity contribution in [3.05, 3.63) is 35.5 Å². The number of aromatic nitrogens is 1. The third-order valence-corrected chi connectivity index (χ3v) is 5.81. The number of hydrogen-bond donors (Lipinski definition) is 3. The van der Waals surface area contributed by atoms with Crippen molar-refractivity contribution in [2.45, 2.75) is 38.6 Å². The first-order valence-corrected chi connectivity index (χ1v) is 9.69. The minimum atomic E-state index is -0.488. The summed E-state index contributed by atoms with van der Waals surface area (Å²) < 4.78 is 0. The lowest BCUT2D eigenvalue weighted by Crippen LogP contribution is -2.49. The van der Waals surface area contributed by atoms with Crippen molar-refractivity contribution in [3.8, 4) is 0 Å². The molecular weight excluding hydrogens is 372 g/mol. The number of aromatic amines is 1. The van der Waals surface area contributed by atoms with Crippen LogP contribution in [0.25, 0.3) is 10.9 Å². The number of amides is 5.